The molecule has 0 bridgehead atoms. The molecule has 1 atom stereocenters. The zero-order chi connectivity index (χ0) is 18.4. The summed E-state index contributed by atoms with van der Waals surface area (Å²) in [4.78, 5) is 5.08. The van der Waals surface area contributed by atoms with Crippen molar-refractivity contribution in [1.82, 2.24) is 9.55 Å². The van der Waals surface area contributed by atoms with Crippen LogP contribution in [0.15, 0.2) is 66.1 Å². The Balaban J connectivity index is 1.63. The first-order valence-corrected chi connectivity index (χ1v) is 10.1. The second-order valence-electron chi connectivity index (χ2n) is 5.70. The van der Waals surface area contributed by atoms with Gasteiger partial charge >= 0.3 is 0 Å². The van der Waals surface area contributed by atoms with Gasteiger partial charge in [0.05, 0.1) is 30.6 Å². The van der Waals surface area contributed by atoms with Crippen LogP contribution in [0.5, 0.6) is 0 Å². The number of hydrogen-bond acceptors (Lipinski definition) is 3. The third-order valence-corrected chi connectivity index (χ3v) is 5.81. The summed E-state index contributed by atoms with van der Waals surface area (Å²) < 4.78 is 8.16. The van der Waals surface area contributed by atoms with Crippen molar-refractivity contribution in [3.05, 3.63) is 81.8 Å². The van der Waals surface area contributed by atoms with Gasteiger partial charge in [-0.05, 0) is 35.9 Å². The number of aromatic nitrogens is 2. The fourth-order valence-corrected chi connectivity index (χ4v) is 3.98. The van der Waals surface area contributed by atoms with Crippen molar-refractivity contribution in [3.8, 4) is 0 Å². The Kier molecular flexibility index (Phi) is 7.29. The van der Waals surface area contributed by atoms with E-state index in [1.807, 2.05) is 47.2 Å². The number of thioether (sulfide) groups is 1. The minimum atomic E-state index is -0.00313. The summed E-state index contributed by atoms with van der Waals surface area (Å²) in [5, 5.41) is 2.01. The fraction of sp³-hybridized carbons (Fsp3) is 0.211. The molecule has 0 aliphatic carbocycles. The van der Waals surface area contributed by atoms with E-state index in [9.17, 15) is 0 Å². The number of benzene rings is 2. The molecule has 0 amide bonds. The Bertz CT molecular complexity index is 825. The maximum absolute atomic E-state index is 6.27. The molecule has 3 aromatic rings. The van der Waals surface area contributed by atoms with Crippen LogP contribution in [0.25, 0.3) is 0 Å². The highest BCUT2D eigenvalue weighted by molar-refractivity contribution is 7.99. The minimum absolute atomic E-state index is 0.00313. The maximum atomic E-state index is 6.27. The smallest absolute Gasteiger partial charge is 0.0946 e. The van der Waals surface area contributed by atoms with E-state index in [0.29, 0.717) is 23.2 Å². The van der Waals surface area contributed by atoms with E-state index in [1.165, 1.54) is 0 Å². The molecule has 0 N–H and O–H groups in total. The second kappa shape index (κ2) is 9.67. The summed E-state index contributed by atoms with van der Waals surface area (Å²) >= 11 is 19.8. The summed E-state index contributed by atoms with van der Waals surface area (Å²) in [6.45, 7) is 1.23. The van der Waals surface area contributed by atoms with Gasteiger partial charge in [-0.2, -0.15) is 0 Å². The van der Waals surface area contributed by atoms with Gasteiger partial charge < -0.3 is 9.30 Å². The van der Waals surface area contributed by atoms with Crippen molar-refractivity contribution >= 4 is 46.6 Å². The maximum Gasteiger partial charge on any atom is 0.0946 e. The molecule has 1 unspecified atom stereocenters. The molecule has 0 spiro atoms. The van der Waals surface area contributed by atoms with Crippen molar-refractivity contribution in [1.29, 1.82) is 0 Å². The topological polar surface area (TPSA) is 27.1 Å². The number of rotatable bonds is 8. The van der Waals surface area contributed by atoms with Crippen LogP contribution in [-0.4, -0.2) is 21.4 Å². The summed E-state index contributed by atoms with van der Waals surface area (Å²) in [5.41, 5.74) is 1.08. The molecule has 0 saturated heterocycles. The van der Waals surface area contributed by atoms with Crippen LogP contribution in [0.2, 0.25) is 15.1 Å². The Morgan fingerprint density at radius 3 is 2.50 bits per heavy atom. The van der Waals surface area contributed by atoms with Crippen LogP contribution >= 0.6 is 46.6 Å². The largest absolute Gasteiger partial charge is 0.371 e. The molecule has 0 aliphatic heterocycles. The van der Waals surface area contributed by atoms with Gasteiger partial charge in [0.1, 0.15) is 0 Å². The molecule has 7 heteroatoms. The number of imidazole rings is 1. The predicted octanol–water partition coefficient (Wildman–Crippen LogP) is 6.22. The zero-order valence-corrected chi connectivity index (χ0v) is 16.9. The molecule has 0 fully saturated rings. The third kappa shape index (κ3) is 5.93. The lowest BCUT2D eigenvalue weighted by Crippen LogP contribution is -2.22. The molecule has 0 radical (unpaired) electrons. The van der Waals surface area contributed by atoms with Crippen LogP contribution in [0, 0.1) is 0 Å². The van der Waals surface area contributed by atoms with Gasteiger partial charge in [-0.25, -0.2) is 4.98 Å². The van der Waals surface area contributed by atoms with Crippen LogP contribution < -0.4 is 0 Å². The molecule has 0 saturated carbocycles. The molecule has 136 valence electrons. The number of halogens is 3. The summed E-state index contributed by atoms with van der Waals surface area (Å²) in [6, 6.07) is 13.2. The molecule has 26 heavy (non-hydrogen) atoms. The van der Waals surface area contributed by atoms with Gasteiger partial charge in [-0.1, -0.05) is 46.9 Å². The Morgan fingerprint density at radius 1 is 1.04 bits per heavy atom. The van der Waals surface area contributed by atoms with E-state index >= 15 is 0 Å². The average molecular weight is 428 g/mol. The number of hydrogen-bond donors (Lipinski definition) is 0. The number of nitrogens with zero attached hydrogens (tertiary/aromatic N) is 2. The first kappa shape index (κ1) is 19.6. The lowest BCUT2D eigenvalue weighted by atomic mass is 10.2. The Labute approximate surface area is 172 Å². The highest BCUT2D eigenvalue weighted by atomic mass is 35.5. The lowest BCUT2D eigenvalue weighted by Gasteiger charge is -2.19. The second-order valence-corrected chi connectivity index (χ2v) is 8.05. The van der Waals surface area contributed by atoms with Crippen LogP contribution in [0.1, 0.15) is 5.56 Å². The SMILES string of the molecule is Clc1ccc(COC(CSc2ccc(Cl)cc2Cl)Cn2ccnc2)cc1. The van der Waals surface area contributed by atoms with Crippen LogP contribution in [0.3, 0.4) is 0 Å². The van der Waals surface area contributed by atoms with Gasteiger partial charge in [0, 0.05) is 33.1 Å². The zero-order valence-electron chi connectivity index (χ0n) is 13.8. The highest BCUT2D eigenvalue weighted by Gasteiger charge is 2.13. The average Bonchev–Trinajstić information content (AvgIpc) is 3.13. The van der Waals surface area contributed by atoms with Crippen molar-refractivity contribution in [2.24, 2.45) is 0 Å². The standard InChI is InChI=1S/C19H17Cl3N2OS/c20-15-3-1-14(2-4-15)11-25-17(10-24-8-7-23-13-24)12-26-19-6-5-16(21)9-18(19)22/h1-9,13,17H,10-12H2. The first-order chi connectivity index (χ1) is 12.6. The summed E-state index contributed by atoms with van der Waals surface area (Å²) in [6.07, 6.45) is 5.48. The van der Waals surface area contributed by atoms with Crippen molar-refractivity contribution in [2.45, 2.75) is 24.2 Å². The van der Waals surface area contributed by atoms with E-state index in [1.54, 1.807) is 30.4 Å². The molecule has 1 heterocycles. The lowest BCUT2D eigenvalue weighted by molar-refractivity contribution is 0.0450. The van der Waals surface area contributed by atoms with E-state index < -0.39 is 0 Å². The Morgan fingerprint density at radius 2 is 1.81 bits per heavy atom. The normalized spacial score (nSPS) is 12.3. The molecule has 1 aromatic heterocycles. The Hall–Kier alpha value is -1.17. The van der Waals surface area contributed by atoms with Crippen LogP contribution in [0.4, 0.5) is 0 Å². The molecule has 0 aliphatic rings. The van der Waals surface area contributed by atoms with Gasteiger partial charge in [0.25, 0.3) is 0 Å². The van der Waals surface area contributed by atoms with Gasteiger partial charge in [-0.15, -0.1) is 11.8 Å². The van der Waals surface area contributed by atoms with Gasteiger partial charge in [0.2, 0.25) is 0 Å². The van der Waals surface area contributed by atoms with Crippen molar-refractivity contribution in [2.75, 3.05) is 5.75 Å². The van der Waals surface area contributed by atoms with Gasteiger partial charge in [-0.3, -0.25) is 0 Å². The molecule has 3 rings (SSSR count). The molecule has 3 nitrogen and oxygen atoms in total. The first-order valence-electron chi connectivity index (χ1n) is 8.00. The molecular formula is C19H17Cl3N2OS. The minimum Gasteiger partial charge on any atom is -0.371 e. The van der Waals surface area contributed by atoms with Crippen molar-refractivity contribution in [3.63, 3.8) is 0 Å². The monoisotopic (exact) mass is 426 g/mol. The highest BCUT2D eigenvalue weighted by Crippen LogP contribution is 2.30. The molecular weight excluding hydrogens is 411 g/mol. The summed E-state index contributed by atoms with van der Waals surface area (Å²) in [5.74, 6) is 0.757. The number of ether oxygens (including phenoxy) is 1. The quantitative estimate of drug-likeness (QED) is 0.399. The van der Waals surface area contributed by atoms with E-state index in [2.05, 4.69) is 4.98 Å². The fourth-order valence-electron chi connectivity index (χ4n) is 2.35. The predicted molar refractivity (Wildman–Crippen MR) is 109 cm³/mol. The van der Waals surface area contributed by atoms with E-state index in [0.717, 1.165) is 21.2 Å². The van der Waals surface area contributed by atoms with E-state index in [4.69, 9.17) is 39.5 Å². The van der Waals surface area contributed by atoms with E-state index in [-0.39, 0.29) is 6.10 Å². The van der Waals surface area contributed by atoms with Gasteiger partial charge in [0.15, 0.2) is 0 Å². The van der Waals surface area contributed by atoms with Crippen LogP contribution in [-0.2, 0) is 17.9 Å². The third-order valence-electron chi connectivity index (χ3n) is 3.69. The van der Waals surface area contributed by atoms with Crippen molar-refractivity contribution < 1.29 is 4.74 Å². The summed E-state index contributed by atoms with van der Waals surface area (Å²) in [7, 11) is 0. The molecule has 2 aromatic carbocycles.